The third-order valence-corrected chi connectivity index (χ3v) is 3.36. The van der Waals surface area contributed by atoms with Gasteiger partial charge in [-0.1, -0.05) is 6.92 Å². The molecule has 1 aliphatic rings. The van der Waals surface area contributed by atoms with Gasteiger partial charge in [0.15, 0.2) is 0 Å². The molecule has 0 saturated carbocycles. The van der Waals surface area contributed by atoms with Crippen molar-refractivity contribution in [2.75, 3.05) is 18.8 Å². The zero-order chi connectivity index (χ0) is 12.6. The lowest BCUT2D eigenvalue weighted by molar-refractivity contribution is 0.0776. The van der Waals surface area contributed by atoms with E-state index in [1.165, 1.54) is 0 Å². The number of hydrogen-bond donors (Lipinski definition) is 1. The van der Waals surface area contributed by atoms with Crippen molar-refractivity contribution in [1.29, 1.82) is 0 Å². The fraction of sp³-hybridized carbons (Fsp3) is 0.615. The van der Waals surface area contributed by atoms with Crippen LogP contribution in [-0.2, 0) is 0 Å². The first kappa shape index (κ1) is 12.0. The van der Waals surface area contributed by atoms with Crippen molar-refractivity contribution in [2.45, 2.75) is 33.2 Å². The van der Waals surface area contributed by atoms with Crippen LogP contribution in [0.1, 0.15) is 43.7 Å². The van der Waals surface area contributed by atoms with Gasteiger partial charge in [0.25, 0.3) is 5.91 Å². The number of carbonyl (C=O) groups is 1. The monoisotopic (exact) mass is 235 g/mol. The standard InChI is InChI=1S/C13H21N3O/c1-9(2)16-8-11(14)6-12(16)13(17)15-5-4-10(3)7-15/h6,8-10H,4-5,7,14H2,1-3H3. The zero-order valence-corrected chi connectivity index (χ0v) is 10.8. The van der Waals surface area contributed by atoms with Crippen LogP contribution in [0.15, 0.2) is 12.3 Å². The fourth-order valence-corrected chi connectivity index (χ4v) is 2.38. The summed E-state index contributed by atoms with van der Waals surface area (Å²) in [6.45, 7) is 8.03. The number of nitrogen functional groups attached to an aromatic ring is 1. The number of nitrogens with two attached hydrogens (primary N) is 1. The molecule has 4 nitrogen and oxygen atoms in total. The summed E-state index contributed by atoms with van der Waals surface area (Å²) >= 11 is 0. The van der Waals surface area contributed by atoms with Gasteiger partial charge in [0.2, 0.25) is 0 Å². The normalized spacial score (nSPS) is 20.2. The molecule has 0 spiro atoms. The van der Waals surface area contributed by atoms with Crippen LogP contribution >= 0.6 is 0 Å². The Labute approximate surface area is 102 Å². The van der Waals surface area contributed by atoms with Gasteiger partial charge in [-0.3, -0.25) is 4.79 Å². The Morgan fingerprint density at radius 2 is 2.24 bits per heavy atom. The number of hydrogen-bond acceptors (Lipinski definition) is 2. The highest BCUT2D eigenvalue weighted by Gasteiger charge is 2.26. The summed E-state index contributed by atoms with van der Waals surface area (Å²) in [6, 6.07) is 2.04. The van der Waals surface area contributed by atoms with E-state index in [0.29, 0.717) is 17.3 Å². The van der Waals surface area contributed by atoms with Crippen LogP contribution in [0, 0.1) is 5.92 Å². The molecule has 17 heavy (non-hydrogen) atoms. The molecular formula is C13H21N3O. The van der Waals surface area contributed by atoms with Gasteiger partial charge in [-0.15, -0.1) is 0 Å². The number of rotatable bonds is 2. The topological polar surface area (TPSA) is 51.3 Å². The highest BCUT2D eigenvalue weighted by Crippen LogP contribution is 2.22. The van der Waals surface area contributed by atoms with Crippen LogP contribution in [0.4, 0.5) is 5.69 Å². The van der Waals surface area contributed by atoms with Gasteiger partial charge in [-0.25, -0.2) is 0 Å². The van der Waals surface area contributed by atoms with Crippen LogP contribution in [-0.4, -0.2) is 28.5 Å². The van der Waals surface area contributed by atoms with Crippen molar-refractivity contribution in [2.24, 2.45) is 5.92 Å². The molecule has 2 heterocycles. The van der Waals surface area contributed by atoms with Crippen molar-refractivity contribution in [3.63, 3.8) is 0 Å². The minimum atomic E-state index is 0.111. The maximum Gasteiger partial charge on any atom is 0.270 e. The van der Waals surface area contributed by atoms with E-state index >= 15 is 0 Å². The minimum absolute atomic E-state index is 0.111. The minimum Gasteiger partial charge on any atom is -0.397 e. The Kier molecular flexibility index (Phi) is 3.13. The summed E-state index contributed by atoms with van der Waals surface area (Å²) in [7, 11) is 0. The molecule has 1 fully saturated rings. The molecule has 1 atom stereocenters. The molecule has 4 heteroatoms. The van der Waals surface area contributed by atoms with Crippen molar-refractivity contribution in [3.05, 3.63) is 18.0 Å². The quantitative estimate of drug-likeness (QED) is 0.853. The molecular weight excluding hydrogens is 214 g/mol. The largest absolute Gasteiger partial charge is 0.397 e. The van der Waals surface area contributed by atoms with E-state index < -0.39 is 0 Å². The predicted octanol–water partition coefficient (Wildman–Crippen LogP) is 2.13. The van der Waals surface area contributed by atoms with Gasteiger partial charge in [0.05, 0.1) is 5.69 Å². The smallest absolute Gasteiger partial charge is 0.270 e. The first-order valence-electron chi connectivity index (χ1n) is 6.25. The second kappa shape index (κ2) is 4.43. The van der Waals surface area contributed by atoms with Crippen LogP contribution in [0.2, 0.25) is 0 Å². The van der Waals surface area contributed by atoms with Crippen molar-refractivity contribution in [1.82, 2.24) is 9.47 Å². The van der Waals surface area contributed by atoms with Crippen LogP contribution < -0.4 is 5.73 Å². The molecule has 2 rings (SSSR count). The molecule has 2 N–H and O–H groups in total. The van der Waals surface area contributed by atoms with Gasteiger partial charge in [0.1, 0.15) is 5.69 Å². The summed E-state index contributed by atoms with van der Waals surface area (Å²) < 4.78 is 1.96. The van der Waals surface area contributed by atoms with Gasteiger partial charge in [-0.05, 0) is 32.3 Å². The van der Waals surface area contributed by atoms with E-state index in [-0.39, 0.29) is 11.9 Å². The average Bonchev–Trinajstić information content (AvgIpc) is 2.83. The summed E-state index contributed by atoms with van der Waals surface area (Å²) in [5.74, 6) is 0.721. The first-order chi connectivity index (χ1) is 7.99. The number of amides is 1. The molecule has 0 bridgehead atoms. The third kappa shape index (κ3) is 2.30. The number of likely N-dealkylation sites (tertiary alicyclic amines) is 1. The molecule has 0 radical (unpaired) electrons. The third-order valence-electron chi connectivity index (χ3n) is 3.36. The van der Waals surface area contributed by atoms with Crippen LogP contribution in [0.5, 0.6) is 0 Å². The summed E-state index contributed by atoms with van der Waals surface area (Å²) in [5.41, 5.74) is 7.17. The number of anilines is 1. The van der Waals surface area contributed by atoms with Crippen molar-refractivity contribution >= 4 is 11.6 Å². The molecule has 0 aromatic carbocycles. The first-order valence-corrected chi connectivity index (χ1v) is 6.25. The summed E-state index contributed by atoms with van der Waals surface area (Å²) in [5, 5.41) is 0. The highest BCUT2D eigenvalue weighted by molar-refractivity contribution is 5.94. The second-order valence-corrected chi connectivity index (χ2v) is 5.30. The molecule has 94 valence electrons. The Balaban J connectivity index is 2.24. The lowest BCUT2D eigenvalue weighted by atomic mass is 10.2. The number of carbonyl (C=O) groups excluding carboxylic acids is 1. The van der Waals surface area contributed by atoms with E-state index in [0.717, 1.165) is 19.5 Å². The van der Waals surface area contributed by atoms with Gasteiger partial charge < -0.3 is 15.2 Å². The van der Waals surface area contributed by atoms with Crippen LogP contribution in [0.25, 0.3) is 0 Å². The molecule has 1 amide bonds. The Bertz CT molecular complexity index is 422. The molecule has 0 aliphatic carbocycles. The predicted molar refractivity (Wildman–Crippen MR) is 68.9 cm³/mol. The van der Waals surface area contributed by atoms with E-state index in [2.05, 4.69) is 20.8 Å². The van der Waals surface area contributed by atoms with E-state index in [9.17, 15) is 4.79 Å². The fourth-order valence-electron chi connectivity index (χ4n) is 2.38. The molecule has 1 aromatic rings. The Morgan fingerprint density at radius 1 is 1.53 bits per heavy atom. The van der Waals surface area contributed by atoms with Gasteiger partial charge >= 0.3 is 0 Å². The molecule has 1 aromatic heterocycles. The van der Waals surface area contributed by atoms with E-state index in [1.807, 2.05) is 15.7 Å². The Morgan fingerprint density at radius 3 is 2.76 bits per heavy atom. The highest BCUT2D eigenvalue weighted by atomic mass is 16.2. The summed E-state index contributed by atoms with van der Waals surface area (Å²) in [4.78, 5) is 14.3. The van der Waals surface area contributed by atoms with E-state index in [1.54, 1.807) is 6.07 Å². The maximum atomic E-state index is 12.4. The van der Waals surface area contributed by atoms with Crippen LogP contribution in [0.3, 0.4) is 0 Å². The lowest BCUT2D eigenvalue weighted by Crippen LogP contribution is -2.30. The van der Waals surface area contributed by atoms with E-state index in [4.69, 9.17) is 5.73 Å². The summed E-state index contributed by atoms with van der Waals surface area (Å²) in [6.07, 6.45) is 2.95. The van der Waals surface area contributed by atoms with Crippen molar-refractivity contribution in [3.8, 4) is 0 Å². The lowest BCUT2D eigenvalue weighted by Gasteiger charge is -2.18. The Hall–Kier alpha value is -1.45. The molecule has 1 saturated heterocycles. The van der Waals surface area contributed by atoms with Gasteiger partial charge in [-0.2, -0.15) is 0 Å². The number of nitrogens with zero attached hydrogens (tertiary/aromatic N) is 2. The molecule has 1 unspecified atom stereocenters. The average molecular weight is 235 g/mol. The maximum absolute atomic E-state index is 12.4. The van der Waals surface area contributed by atoms with Gasteiger partial charge in [0, 0.05) is 25.3 Å². The SMILES string of the molecule is CC1CCN(C(=O)c2cc(N)cn2C(C)C)C1. The number of aromatic nitrogens is 1. The molecule has 1 aliphatic heterocycles. The second-order valence-electron chi connectivity index (χ2n) is 5.30. The zero-order valence-electron chi connectivity index (χ0n) is 10.8. The van der Waals surface area contributed by atoms with Crippen molar-refractivity contribution < 1.29 is 4.79 Å².